The molecule has 128 valence electrons. The summed E-state index contributed by atoms with van der Waals surface area (Å²) in [5.74, 6) is 5.94. The monoisotopic (exact) mass is 340 g/mol. The van der Waals surface area contributed by atoms with E-state index in [4.69, 9.17) is 0 Å². The molecule has 1 N–H and O–H groups in total. The molecular weight excluding hydrogens is 320 g/mol. The molecule has 0 fully saturated rings. The third kappa shape index (κ3) is 4.58. The van der Waals surface area contributed by atoms with Crippen molar-refractivity contribution in [2.75, 3.05) is 5.32 Å². The van der Waals surface area contributed by atoms with Crippen molar-refractivity contribution >= 4 is 11.6 Å². The Hall–Kier alpha value is -3.38. The van der Waals surface area contributed by atoms with E-state index in [0.717, 1.165) is 28.9 Å². The lowest BCUT2D eigenvalue weighted by Gasteiger charge is -2.15. The molecule has 0 aliphatic heterocycles. The molecule has 1 unspecified atom stereocenters. The third-order valence-electron chi connectivity index (χ3n) is 4.06. The van der Waals surface area contributed by atoms with Gasteiger partial charge in [-0.15, -0.1) is 0 Å². The molecule has 0 saturated heterocycles. The maximum Gasteiger partial charge on any atom is 0.231 e. The Labute approximate surface area is 154 Å². The number of pyridine rings is 1. The molecule has 0 radical (unpaired) electrons. The number of carbonyl (C=O) groups is 1. The van der Waals surface area contributed by atoms with Crippen LogP contribution in [0.4, 0.5) is 5.69 Å². The van der Waals surface area contributed by atoms with E-state index in [9.17, 15) is 4.79 Å². The summed E-state index contributed by atoms with van der Waals surface area (Å²) in [5, 5.41) is 3.01. The normalized spacial score (nSPS) is 11.1. The van der Waals surface area contributed by atoms with E-state index < -0.39 is 0 Å². The first-order chi connectivity index (χ1) is 12.8. The minimum Gasteiger partial charge on any atom is -0.326 e. The van der Waals surface area contributed by atoms with Crippen LogP contribution in [-0.4, -0.2) is 10.9 Å². The third-order valence-corrected chi connectivity index (χ3v) is 4.06. The zero-order chi connectivity index (χ0) is 18.2. The van der Waals surface area contributed by atoms with E-state index >= 15 is 0 Å². The van der Waals surface area contributed by atoms with Gasteiger partial charge >= 0.3 is 0 Å². The average molecular weight is 340 g/mol. The number of hydrogen-bond acceptors (Lipinski definition) is 2. The average Bonchev–Trinajstić information content (AvgIpc) is 2.69. The Morgan fingerprint density at radius 1 is 1.00 bits per heavy atom. The van der Waals surface area contributed by atoms with Gasteiger partial charge in [0.2, 0.25) is 5.91 Å². The number of anilines is 1. The predicted octanol–water partition coefficient (Wildman–Crippen LogP) is 4.61. The van der Waals surface area contributed by atoms with Gasteiger partial charge in [0, 0.05) is 17.4 Å². The molecule has 3 heteroatoms. The van der Waals surface area contributed by atoms with Crippen LogP contribution in [0.15, 0.2) is 79.0 Å². The van der Waals surface area contributed by atoms with E-state index in [0.29, 0.717) is 0 Å². The van der Waals surface area contributed by atoms with Gasteiger partial charge in [0.15, 0.2) is 0 Å². The summed E-state index contributed by atoms with van der Waals surface area (Å²) in [6, 6.07) is 23.0. The molecular formula is C23H20N2O. The molecule has 3 nitrogen and oxygen atoms in total. The lowest BCUT2D eigenvalue weighted by Crippen LogP contribution is -2.20. The first-order valence-corrected chi connectivity index (χ1v) is 8.65. The summed E-state index contributed by atoms with van der Waals surface area (Å²) >= 11 is 0. The number of benzene rings is 2. The largest absolute Gasteiger partial charge is 0.326 e. The van der Waals surface area contributed by atoms with Crippen LogP contribution >= 0.6 is 0 Å². The summed E-state index contributed by atoms with van der Waals surface area (Å²) in [7, 11) is 0. The van der Waals surface area contributed by atoms with E-state index in [1.54, 1.807) is 6.20 Å². The summed E-state index contributed by atoms with van der Waals surface area (Å²) in [4.78, 5) is 16.9. The van der Waals surface area contributed by atoms with Gasteiger partial charge in [0.1, 0.15) is 5.69 Å². The lowest BCUT2D eigenvalue weighted by atomic mass is 9.95. The van der Waals surface area contributed by atoms with Crippen LogP contribution in [0.1, 0.15) is 36.1 Å². The fourth-order valence-corrected chi connectivity index (χ4v) is 2.73. The number of carbonyl (C=O) groups excluding carboxylic acids is 1. The molecule has 1 aromatic heterocycles. The van der Waals surface area contributed by atoms with Crippen molar-refractivity contribution in [1.82, 2.24) is 4.98 Å². The minimum absolute atomic E-state index is 0.00599. The summed E-state index contributed by atoms with van der Waals surface area (Å²) < 4.78 is 0. The Balaban J connectivity index is 1.74. The second-order valence-corrected chi connectivity index (χ2v) is 5.91. The smallest absolute Gasteiger partial charge is 0.231 e. The van der Waals surface area contributed by atoms with E-state index in [1.807, 2.05) is 79.7 Å². The fourth-order valence-electron chi connectivity index (χ4n) is 2.73. The molecule has 1 amide bonds. The molecule has 0 spiro atoms. The lowest BCUT2D eigenvalue weighted by molar-refractivity contribution is -0.117. The van der Waals surface area contributed by atoms with Crippen molar-refractivity contribution in [3.8, 4) is 11.8 Å². The number of nitrogens with zero attached hydrogens (tertiary/aromatic N) is 1. The quantitative estimate of drug-likeness (QED) is 0.705. The predicted molar refractivity (Wildman–Crippen MR) is 105 cm³/mol. The van der Waals surface area contributed by atoms with Crippen molar-refractivity contribution in [1.29, 1.82) is 0 Å². The van der Waals surface area contributed by atoms with Gasteiger partial charge in [0.05, 0.1) is 5.92 Å². The molecule has 26 heavy (non-hydrogen) atoms. The van der Waals surface area contributed by atoms with E-state index in [2.05, 4.69) is 22.1 Å². The Morgan fingerprint density at radius 3 is 2.54 bits per heavy atom. The van der Waals surface area contributed by atoms with Gasteiger partial charge in [-0.2, -0.15) is 0 Å². The molecule has 0 aliphatic rings. The number of aromatic nitrogens is 1. The highest BCUT2D eigenvalue weighted by atomic mass is 16.1. The van der Waals surface area contributed by atoms with Crippen LogP contribution < -0.4 is 5.32 Å². The maximum absolute atomic E-state index is 12.7. The molecule has 3 rings (SSSR count). The maximum atomic E-state index is 12.7. The Bertz CT molecular complexity index is 924. The standard InChI is InChI=1S/C23H20N2O/c1-2-22(19-10-4-3-5-11-19)23(26)25-21-13-8-9-18(17-21)14-15-20-12-6-7-16-24-20/h3-13,16-17,22H,2H2,1H3,(H,25,26). The zero-order valence-electron chi connectivity index (χ0n) is 14.6. The number of hydrogen-bond donors (Lipinski definition) is 1. The Kier molecular flexibility index (Phi) is 5.80. The first-order valence-electron chi connectivity index (χ1n) is 8.65. The van der Waals surface area contributed by atoms with Crippen LogP contribution in [0.2, 0.25) is 0 Å². The minimum atomic E-state index is -0.167. The molecule has 1 atom stereocenters. The summed E-state index contributed by atoms with van der Waals surface area (Å²) in [6.07, 6.45) is 2.46. The summed E-state index contributed by atoms with van der Waals surface area (Å²) in [6.45, 7) is 2.02. The van der Waals surface area contributed by atoms with Gasteiger partial charge < -0.3 is 5.32 Å². The van der Waals surface area contributed by atoms with Gasteiger partial charge in [-0.25, -0.2) is 4.98 Å². The van der Waals surface area contributed by atoms with E-state index in [1.165, 1.54) is 0 Å². The molecule has 0 aliphatic carbocycles. The van der Waals surface area contributed by atoms with Crippen molar-refractivity contribution in [2.24, 2.45) is 0 Å². The topological polar surface area (TPSA) is 42.0 Å². The van der Waals surface area contributed by atoms with Crippen LogP contribution in [0, 0.1) is 11.8 Å². The second-order valence-electron chi connectivity index (χ2n) is 5.91. The van der Waals surface area contributed by atoms with Gasteiger partial charge in [0.25, 0.3) is 0 Å². The highest BCUT2D eigenvalue weighted by Crippen LogP contribution is 2.21. The molecule has 1 heterocycles. The highest BCUT2D eigenvalue weighted by Gasteiger charge is 2.18. The fraction of sp³-hybridized carbons (Fsp3) is 0.130. The van der Waals surface area contributed by atoms with Crippen LogP contribution in [0.3, 0.4) is 0 Å². The first kappa shape index (κ1) is 17.4. The summed E-state index contributed by atoms with van der Waals surface area (Å²) in [5.41, 5.74) is 3.33. The van der Waals surface area contributed by atoms with Gasteiger partial charge in [-0.05, 0) is 48.2 Å². The van der Waals surface area contributed by atoms with E-state index in [-0.39, 0.29) is 11.8 Å². The Morgan fingerprint density at radius 2 is 1.81 bits per heavy atom. The molecule has 3 aromatic rings. The number of nitrogens with one attached hydrogen (secondary N) is 1. The van der Waals surface area contributed by atoms with Crippen LogP contribution in [0.5, 0.6) is 0 Å². The second kappa shape index (κ2) is 8.64. The van der Waals surface area contributed by atoms with Crippen molar-refractivity contribution in [3.05, 3.63) is 95.8 Å². The molecule has 0 bridgehead atoms. The van der Waals surface area contributed by atoms with Crippen LogP contribution in [-0.2, 0) is 4.79 Å². The molecule has 2 aromatic carbocycles. The van der Waals surface area contributed by atoms with Crippen molar-refractivity contribution in [2.45, 2.75) is 19.3 Å². The van der Waals surface area contributed by atoms with Gasteiger partial charge in [-0.3, -0.25) is 4.79 Å². The SMILES string of the molecule is CCC(C(=O)Nc1cccc(C#Cc2ccccn2)c1)c1ccccc1. The zero-order valence-corrected chi connectivity index (χ0v) is 14.6. The molecule has 0 saturated carbocycles. The van der Waals surface area contributed by atoms with Gasteiger partial charge in [-0.1, -0.05) is 55.3 Å². The van der Waals surface area contributed by atoms with Crippen LogP contribution in [0.25, 0.3) is 0 Å². The number of rotatable bonds is 4. The highest BCUT2D eigenvalue weighted by molar-refractivity contribution is 5.95. The van der Waals surface area contributed by atoms with Crippen molar-refractivity contribution < 1.29 is 4.79 Å². The van der Waals surface area contributed by atoms with Crippen molar-refractivity contribution in [3.63, 3.8) is 0 Å². The number of amides is 1.